The largest absolute Gasteiger partial charge is 0.432 e. The lowest BCUT2D eigenvalue weighted by Crippen LogP contribution is -2.42. The number of aliphatic hydroxyl groups is 1. The molecule has 9 heteroatoms. The van der Waals surface area contributed by atoms with E-state index in [1.165, 1.54) is 5.01 Å². The number of hydrogen-bond acceptors (Lipinski definition) is 6. The van der Waals surface area contributed by atoms with Crippen LogP contribution in [0.1, 0.15) is 49.3 Å². The summed E-state index contributed by atoms with van der Waals surface area (Å²) in [5, 5.41) is 15.9. The van der Waals surface area contributed by atoms with Gasteiger partial charge in [0.2, 0.25) is 11.8 Å². The Kier molecular flexibility index (Phi) is 10.7. The van der Waals surface area contributed by atoms with Gasteiger partial charge in [0.05, 0.1) is 36.6 Å². The van der Waals surface area contributed by atoms with Crippen LogP contribution >= 0.6 is 0 Å². The van der Waals surface area contributed by atoms with Crippen LogP contribution in [0.2, 0.25) is 18.6 Å². The lowest BCUT2D eigenvalue weighted by atomic mass is 9.95. The second-order valence-electron chi connectivity index (χ2n) is 12.8. The molecule has 0 aliphatic carbocycles. The molecular formula is C36H45N3O5Si. The summed E-state index contributed by atoms with van der Waals surface area (Å²) in [4.78, 5) is 39.4. The second-order valence-corrected chi connectivity index (χ2v) is 16.8. The molecular weight excluding hydrogens is 582 g/mol. The van der Waals surface area contributed by atoms with Crippen molar-refractivity contribution in [3.05, 3.63) is 102 Å². The van der Waals surface area contributed by atoms with Crippen LogP contribution in [0.4, 0.5) is 5.69 Å². The van der Waals surface area contributed by atoms with Gasteiger partial charge in [-0.3, -0.25) is 9.59 Å². The monoisotopic (exact) mass is 627 g/mol. The Bertz CT molecular complexity index is 1480. The highest BCUT2D eigenvalue weighted by molar-refractivity contribution is 6.71. The number of amides is 2. The van der Waals surface area contributed by atoms with Crippen LogP contribution in [-0.2, 0) is 27.3 Å². The van der Waals surface area contributed by atoms with Crippen LogP contribution in [0.15, 0.2) is 90.0 Å². The second kappa shape index (κ2) is 14.6. The Labute approximate surface area is 267 Å². The summed E-state index contributed by atoms with van der Waals surface area (Å²) >= 11 is 0. The van der Waals surface area contributed by atoms with E-state index in [0.29, 0.717) is 19.4 Å². The number of nitrogens with zero attached hydrogens (tertiary/aromatic N) is 3. The number of ether oxygens (including phenoxy) is 1. The third kappa shape index (κ3) is 8.15. The Morgan fingerprint density at radius 3 is 2.36 bits per heavy atom. The van der Waals surface area contributed by atoms with Gasteiger partial charge < -0.3 is 19.5 Å². The van der Waals surface area contributed by atoms with Gasteiger partial charge in [-0.2, -0.15) is 5.10 Å². The van der Waals surface area contributed by atoms with Crippen molar-refractivity contribution in [2.45, 2.75) is 76.4 Å². The first-order chi connectivity index (χ1) is 21.6. The lowest BCUT2D eigenvalue weighted by molar-refractivity contribution is -0.135. The van der Waals surface area contributed by atoms with E-state index in [0.717, 1.165) is 40.9 Å². The third-order valence-electron chi connectivity index (χ3n) is 9.05. The molecule has 5 rings (SSSR count). The van der Waals surface area contributed by atoms with Crippen LogP contribution in [0, 0.1) is 5.92 Å². The van der Waals surface area contributed by atoms with E-state index in [1.807, 2.05) is 92.0 Å². The quantitative estimate of drug-likeness (QED) is 0.257. The first kappa shape index (κ1) is 32.8. The number of anilines is 1. The van der Waals surface area contributed by atoms with Crippen molar-refractivity contribution < 1.29 is 24.2 Å². The predicted octanol–water partition coefficient (Wildman–Crippen LogP) is 5.53. The molecule has 0 aromatic heterocycles. The van der Waals surface area contributed by atoms with Gasteiger partial charge in [-0.05, 0) is 60.7 Å². The molecule has 3 aromatic rings. The van der Waals surface area contributed by atoms with Crippen LogP contribution in [-0.4, -0.2) is 66.0 Å². The Hall–Kier alpha value is -3.63. The minimum Gasteiger partial charge on any atom is -0.432 e. The maximum absolute atomic E-state index is 13.5. The van der Waals surface area contributed by atoms with E-state index in [9.17, 15) is 19.5 Å². The van der Waals surface area contributed by atoms with Crippen molar-refractivity contribution in [2.24, 2.45) is 11.0 Å². The Morgan fingerprint density at radius 1 is 0.978 bits per heavy atom. The van der Waals surface area contributed by atoms with E-state index >= 15 is 0 Å². The zero-order valence-electron chi connectivity index (χ0n) is 26.5. The molecule has 2 heterocycles. The van der Waals surface area contributed by atoms with Gasteiger partial charge in [-0.1, -0.05) is 79.7 Å². The zero-order chi connectivity index (χ0) is 32.0. The van der Waals surface area contributed by atoms with Crippen molar-refractivity contribution in [1.29, 1.82) is 0 Å². The number of hydrazone groups is 1. The van der Waals surface area contributed by atoms with Gasteiger partial charge in [-0.15, -0.1) is 0 Å². The SMILES string of the molecule is C[C@@H]1[C@@H]([Si](C)(C)O)[C@H](CC(=O)N(CCO)Cc2ccccc2)O[C@@H]1CCc1cccc(N2N=C(c3ccccc3)CCC2=O)c1. The minimum atomic E-state index is -2.67. The first-order valence-corrected chi connectivity index (χ1v) is 19.0. The molecule has 1 saturated heterocycles. The number of hydrogen-bond donors (Lipinski definition) is 2. The Morgan fingerprint density at radius 2 is 1.67 bits per heavy atom. The van der Waals surface area contributed by atoms with Gasteiger partial charge in [-0.25, -0.2) is 5.01 Å². The molecule has 45 heavy (non-hydrogen) atoms. The fourth-order valence-corrected chi connectivity index (χ4v) is 9.48. The lowest BCUT2D eigenvalue weighted by Gasteiger charge is -2.31. The molecule has 0 unspecified atom stereocenters. The van der Waals surface area contributed by atoms with E-state index in [2.05, 4.69) is 13.0 Å². The predicted molar refractivity (Wildman–Crippen MR) is 179 cm³/mol. The molecule has 1 fully saturated rings. The smallest absolute Gasteiger partial charge is 0.247 e. The highest BCUT2D eigenvalue weighted by Crippen LogP contribution is 2.45. The molecule has 2 amide bonds. The summed E-state index contributed by atoms with van der Waals surface area (Å²) in [6.45, 7) is 6.53. The number of carbonyl (C=O) groups is 2. The standard InChI is InChI=1S/C36H45N3O5Si/c1-26-32(44-33(36(26)45(2,3)43)24-35(42)38(21-22-40)25-28-11-6-4-7-12-28)19-17-27-13-10-16-30(23-27)39-34(41)20-18-31(37-39)29-14-8-5-9-15-29/h4-16,23,26,32-33,36,40,43H,17-22,24-25H2,1-3H3/t26-,32+,33-,36+/m0/s1. The molecule has 8 nitrogen and oxygen atoms in total. The average molecular weight is 628 g/mol. The van der Waals surface area contributed by atoms with E-state index in [4.69, 9.17) is 9.84 Å². The minimum absolute atomic E-state index is 0.0208. The molecule has 2 N–H and O–H groups in total. The fourth-order valence-electron chi connectivity index (χ4n) is 6.87. The number of aryl methyl sites for hydroxylation is 1. The number of carbonyl (C=O) groups excluding carboxylic acids is 2. The molecule has 2 aliphatic heterocycles. The van der Waals surface area contributed by atoms with Crippen molar-refractivity contribution in [3.63, 3.8) is 0 Å². The van der Waals surface area contributed by atoms with Crippen LogP contribution in [0.3, 0.4) is 0 Å². The van der Waals surface area contributed by atoms with Gasteiger partial charge in [0.15, 0.2) is 8.32 Å². The maximum Gasteiger partial charge on any atom is 0.247 e. The molecule has 0 saturated carbocycles. The van der Waals surface area contributed by atoms with Crippen molar-refractivity contribution in [3.8, 4) is 0 Å². The Balaban J connectivity index is 1.27. The highest BCUT2D eigenvalue weighted by atomic mass is 28.4. The molecule has 0 radical (unpaired) electrons. The number of aliphatic hydroxyl groups excluding tert-OH is 1. The summed E-state index contributed by atoms with van der Waals surface area (Å²) in [6, 6.07) is 27.7. The van der Waals surface area contributed by atoms with E-state index in [-0.39, 0.29) is 55.1 Å². The number of benzene rings is 3. The summed E-state index contributed by atoms with van der Waals surface area (Å²) in [5.74, 6) is -0.0179. The van der Waals surface area contributed by atoms with Crippen LogP contribution in [0.25, 0.3) is 0 Å². The normalized spacial score (nSPS) is 21.9. The van der Waals surface area contributed by atoms with E-state index in [1.54, 1.807) is 4.90 Å². The fraction of sp³-hybridized carbons (Fsp3) is 0.417. The molecule has 3 aromatic carbocycles. The summed E-state index contributed by atoms with van der Waals surface area (Å²) in [5.41, 5.74) is 4.66. The molecule has 0 bridgehead atoms. The summed E-state index contributed by atoms with van der Waals surface area (Å²) < 4.78 is 6.59. The van der Waals surface area contributed by atoms with Gasteiger partial charge >= 0.3 is 0 Å². The van der Waals surface area contributed by atoms with Gasteiger partial charge in [0.1, 0.15) is 0 Å². The molecule has 2 aliphatic rings. The van der Waals surface area contributed by atoms with Crippen molar-refractivity contribution >= 4 is 31.5 Å². The molecule has 4 atom stereocenters. The van der Waals surface area contributed by atoms with Crippen molar-refractivity contribution in [1.82, 2.24) is 4.90 Å². The van der Waals surface area contributed by atoms with Gasteiger partial charge in [0.25, 0.3) is 0 Å². The van der Waals surface area contributed by atoms with Crippen molar-refractivity contribution in [2.75, 3.05) is 18.2 Å². The average Bonchev–Trinajstić information content (AvgIpc) is 3.35. The van der Waals surface area contributed by atoms with Crippen LogP contribution in [0.5, 0.6) is 0 Å². The highest BCUT2D eigenvalue weighted by Gasteiger charge is 2.50. The summed E-state index contributed by atoms with van der Waals surface area (Å²) in [6.07, 6.45) is 2.16. The molecule has 238 valence electrons. The van der Waals surface area contributed by atoms with Crippen LogP contribution < -0.4 is 5.01 Å². The topological polar surface area (TPSA) is 103 Å². The summed E-state index contributed by atoms with van der Waals surface area (Å²) in [7, 11) is -2.67. The van der Waals surface area contributed by atoms with Gasteiger partial charge in [0, 0.05) is 31.5 Å². The third-order valence-corrected chi connectivity index (χ3v) is 11.6. The maximum atomic E-state index is 13.5. The van der Waals surface area contributed by atoms with E-state index < -0.39 is 8.32 Å². The first-order valence-electron chi connectivity index (χ1n) is 16.0. The number of rotatable bonds is 12. The zero-order valence-corrected chi connectivity index (χ0v) is 27.5. The molecule has 0 spiro atoms.